The van der Waals surface area contributed by atoms with Crippen molar-refractivity contribution in [1.82, 2.24) is 15.5 Å². The fourth-order valence-electron chi connectivity index (χ4n) is 3.61. The fraction of sp³-hybridized carbons (Fsp3) is 0.652. The standard InChI is InChI=1S/C23H37N3O3/c1-17(2)21(19-9-7-6-8-10-19)25-20(27)16-26-13-11-18(12-14-26)15-24-22(28)29-23(3,4)5/h6-10,17-18,21H,11-16H2,1-5H3,(H,24,28)(H,25,27)/t21-/m1/s1. The molecule has 2 N–H and O–H groups in total. The Hall–Kier alpha value is -2.08. The van der Waals surface area contributed by atoms with Crippen LogP contribution in [0.15, 0.2) is 30.3 Å². The summed E-state index contributed by atoms with van der Waals surface area (Å²) in [6.45, 7) is 12.6. The molecule has 0 bridgehead atoms. The third-order valence-electron chi connectivity index (χ3n) is 5.15. The maximum atomic E-state index is 12.6. The molecule has 0 radical (unpaired) electrons. The van der Waals surface area contributed by atoms with Crippen molar-refractivity contribution in [2.45, 2.75) is 59.1 Å². The van der Waals surface area contributed by atoms with Crippen molar-refractivity contribution in [3.63, 3.8) is 0 Å². The van der Waals surface area contributed by atoms with Gasteiger partial charge in [-0.05, 0) is 64.1 Å². The van der Waals surface area contributed by atoms with Crippen LogP contribution in [-0.4, -0.2) is 48.7 Å². The molecule has 1 atom stereocenters. The summed E-state index contributed by atoms with van der Waals surface area (Å²) in [7, 11) is 0. The lowest BCUT2D eigenvalue weighted by Crippen LogP contribution is -2.45. The van der Waals surface area contributed by atoms with Crippen molar-refractivity contribution in [1.29, 1.82) is 0 Å². The first kappa shape index (κ1) is 23.2. The number of piperidine rings is 1. The van der Waals surface area contributed by atoms with E-state index in [0.29, 0.717) is 24.9 Å². The van der Waals surface area contributed by atoms with E-state index >= 15 is 0 Å². The zero-order valence-electron chi connectivity index (χ0n) is 18.5. The first-order valence-corrected chi connectivity index (χ1v) is 10.7. The second-order valence-electron chi connectivity index (χ2n) is 9.30. The normalized spacial score (nSPS) is 17.0. The Bertz CT molecular complexity index is 647. The molecule has 29 heavy (non-hydrogen) atoms. The minimum Gasteiger partial charge on any atom is -0.444 e. The zero-order valence-corrected chi connectivity index (χ0v) is 18.5. The summed E-state index contributed by atoms with van der Waals surface area (Å²) in [6, 6.07) is 10.2. The molecule has 6 nitrogen and oxygen atoms in total. The van der Waals surface area contributed by atoms with Crippen LogP contribution in [0.1, 0.15) is 59.1 Å². The molecule has 6 heteroatoms. The molecule has 1 aromatic carbocycles. The highest BCUT2D eigenvalue weighted by atomic mass is 16.6. The molecule has 0 spiro atoms. The van der Waals surface area contributed by atoms with E-state index in [9.17, 15) is 9.59 Å². The number of hydrogen-bond donors (Lipinski definition) is 2. The van der Waals surface area contributed by atoms with Gasteiger partial charge in [-0.2, -0.15) is 0 Å². The van der Waals surface area contributed by atoms with Crippen molar-refractivity contribution >= 4 is 12.0 Å². The zero-order chi connectivity index (χ0) is 21.4. The molecule has 1 fully saturated rings. The molecule has 1 saturated heterocycles. The van der Waals surface area contributed by atoms with Crippen LogP contribution in [0.4, 0.5) is 4.79 Å². The maximum absolute atomic E-state index is 12.6. The average Bonchev–Trinajstić information content (AvgIpc) is 2.64. The van der Waals surface area contributed by atoms with Gasteiger partial charge < -0.3 is 15.4 Å². The number of ether oxygens (including phenoxy) is 1. The topological polar surface area (TPSA) is 70.7 Å². The number of nitrogens with zero attached hydrogens (tertiary/aromatic N) is 1. The summed E-state index contributed by atoms with van der Waals surface area (Å²) in [4.78, 5) is 26.6. The Morgan fingerprint density at radius 1 is 1.14 bits per heavy atom. The van der Waals surface area contributed by atoms with E-state index in [2.05, 4.69) is 41.5 Å². The van der Waals surface area contributed by atoms with Crippen LogP contribution in [-0.2, 0) is 9.53 Å². The van der Waals surface area contributed by atoms with Crippen LogP contribution in [0.25, 0.3) is 0 Å². The predicted molar refractivity (Wildman–Crippen MR) is 116 cm³/mol. The predicted octanol–water partition coefficient (Wildman–Crippen LogP) is 3.74. The molecule has 2 amide bonds. The third kappa shape index (κ3) is 8.44. The van der Waals surface area contributed by atoms with Crippen molar-refractivity contribution in [2.24, 2.45) is 11.8 Å². The highest BCUT2D eigenvalue weighted by molar-refractivity contribution is 5.78. The van der Waals surface area contributed by atoms with Gasteiger partial charge in [0.15, 0.2) is 0 Å². The molecule has 2 rings (SSSR count). The van der Waals surface area contributed by atoms with Gasteiger partial charge in [0.2, 0.25) is 5.91 Å². The van der Waals surface area contributed by atoms with E-state index in [0.717, 1.165) is 31.5 Å². The van der Waals surface area contributed by atoms with E-state index < -0.39 is 5.60 Å². The molecule has 0 unspecified atom stereocenters. The summed E-state index contributed by atoms with van der Waals surface area (Å²) < 4.78 is 5.28. The summed E-state index contributed by atoms with van der Waals surface area (Å²) >= 11 is 0. The molecule has 1 aliphatic rings. The Labute approximate surface area is 175 Å². The Morgan fingerprint density at radius 3 is 2.31 bits per heavy atom. The van der Waals surface area contributed by atoms with Crippen molar-refractivity contribution in [3.8, 4) is 0 Å². The summed E-state index contributed by atoms with van der Waals surface area (Å²) in [5, 5.41) is 6.06. The van der Waals surface area contributed by atoms with Gasteiger partial charge in [-0.25, -0.2) is 4.79 Å². The first-order valence-electron chi connectivity index (χ1n) is 10.7. The molecule has 0 aromatic heterocycles. The largest absolute Gasteiger partial charge is 0.444 e. The van der Waals surface area contributed by atoms with Crippen molar-refractivity contribution in [2.75, 3.05) is 26.2 Å². The number of amides is 2. The highest BCUT2D eigenvalue weighted by Crippen LogP contribution is 2.22. The Morgan fingerprint density at radius 2 is 1.76 bits per heavy atom. The second kappa shape index (κ2) is 10.6. The number of likely N-dealkylation sites (tertiary alicyclic amines) is 1. The lowest BCUT2D eigenvalue weighted by molar-refractivity contribution is -0.123. The van der Waals surface area contributed by atoms with Gasteiger partial charge in [0, 0.05) is 6.54 Å². The molecular weight excluding hydrogens is 366 g/mol. The minimum absolute atomic E-state index is 0.0271. The number of rotatable bonds is 7. The molecule has 1 heterocycles. The van der Waals surface area contributed by atoms with Gasteiger partial charge in [-0.3, -0.25) is 9.69 Å². The van der Waals surface area contributed by atoms with Gasteiger partial charge in [0.25, 0.3) is 0 Å². The fourth-order valence-corrected chi connectivity index (χ4v) is 3.61. The minimum atomic E-state index is -0.478. The highest BCUT2D eigenvalue weighted by Gasteiger charge is 2.24. The summed E-state index contributed by atoms with van der Waals surface area (Å²) in [6.07, 6.45) is 1.57. The van der Waals surface area contributed by atoms with Crippen molar-refractivity contribution < 1.29 is 14.3 Å². The molecule has 0 saturated carbocycles. The van der Waals surface area contributed by atoms with Gasteiger partial charge in [0.05, 0.1) is 12.6 Å². The van der Waals surface area contributed by atoms with Crippen LogP contribution in [0.3, 0.4) is 0 Å². The van der Waals surface area contributed by atoms with Crippen molar-refractivity contribution in [3.05, 3.63) is 35.9 Å². The quantitative estimate of drug-likeness (QED) is 0.728. The van der Waals surface area contributed by atoms with Gasteiger partial charge >= 0.3 is 6.09 Å². The van der Waals surface area contributed by atoms with E-state index in [1.165, 1.54) is 0 Å². The molecule has 0 aliphatic carbocycles. The molecule has 162 valence electrons. The van der Waals surface area contributed by atoms with E-state index in [4.69, 9.17) is 4.74 Å². The molecular formula is C23H37N3O3. The van der Waals surface area contributed by atoms with Crippen LogP contribution in [0, 0.1) is 11.8 Å². The maximum Gasteiger partial charge on any atom is 0.407 e. The van der Waals surface area contributed by atoms with E-state index in [1.807, 2.05) is 39.0 Å². The molecule has 1 aromatic rings. The summed E-state index contributed by atoms with van der Waals surface area (Å²) in [5.41, 5.74) is 0.664. The summed E-state index contributed by atoms with van der Waals surface area (Å²) in [5.74, 6) is 0.818. The number of nitrogens with one attached hydrogen (secondary N) is 2. The van der Waals surface area contributed by atoms with Gasteiger partial charge in [-0.15, -0.1) is 0 Å². The number of alkyl carbamates (subject to hydrolysis) is 1. The Kier molecular flexibility index (Phi) is 8.50. The monoisotopic (exact) mass is 403 g/mol. The van der Waals surface area contributed by atoms with Crippen LogP contribution in [0.5, 0.6) is 0 Å². The molecule has 1 aliphatic heterocycles. The number of carbonyl (C=O) groups is 2. The van der Waals surface area contributed by atoms with E-state index in [1.54, 1.807) is 0 Å². The smallest absolute Gasteiger partial charge is 0.407 e. The number of benzene rings is 1. The van der Waals surface area contributed by atoms with E-state index in [-0.39, 0.29) is 18.0 Å². The van der Waals surface area contributed by atoms with Crippen LogP contribution < -0.4 is 10.6 Å². The number of hydrogen-bond acceptors (Lipinski definition) is 4. The first-order chi connectivity index (χ1) is 13.6. The van der Waals surface area contributed by atoms with Crippen LogP contribution in [0.2, 0.25) is 0 Å². The van der Waals surface area contributed by atoms with Crippen LogP contribution >= 0.6 is 0 Å². The lowest BCUT2D eigenvalue weighted by atomic mass is 9.95. The SMILES string of the molecule is CC(C)[C@@H](NC(=O)CN1CCC(CNC(=O)OC(C)(C)C)CC1)c1ccccc1. The van der Waals surface area contributed by atoms with Gasteiger partial charge in [-0.1, -0.05) is 44.2 Å². The Balaban J connectivity index is 1.73. The average molecular weight is 404 g/mol. The van der Waals surface area contributed by atoms with Gasteiger partial charge in [0.1, 0.15) is 5.60 Å². The number of carbonyl (C=O) groups excluding carboxylic acids is 2. The third-order valence-corrected chi connectivity index (χ3v) is 5.15. The second-order valence-corrected chi connectivity index (χ2v) is 9.30. The lowest BCUT2D eigenvalue weighted by Gasteiger charge is -2.32.